The Bertz CT molecular complexity index is 300. The number of hydrogen-bond acceptors (Lipinski definition) is 0. The lowest BCUT2D eigenvalue weighted by molar-refractivity contribution is 0.173. The van der Waals surface area contributed by atoms with Gasteiger partial charge in [0, 0.05) is 0 Å². The van der Waals surface area contributed by atoms with Crippen LogP contribution in [0.3, 0.4) is 0 Å². The topological polar surface area (TPSA) is 0 Å². The van der Waals surface area contributed by atoms with Crippen molar-refractivity contribution in [2.24, 2.45) is 34.5 Å². The molecule has 0 N–H and O–H groups in total. The van der Waals surface area contributed by atoms with Gasteiger partial charge in [-0.25, -0.2) is 0 Å². The van der Waals surface area contributed by atoms with Crippen LogP contribution in [0.1, 0.15) is 141 Å². The Kier molecular flexibility index (Phi) is 16.1. The normalized spacial score (nSPS) is 13.9. The molecule has 0 heteroatoms. The van der Waals surface area contributed by atoms with Crippen LogP contribution in [-0.4, -0.2) is 0 Å². The van der Waals surface area contributed by atoms with Gasteiger partial charge < -0.3 is 0 Å². The summed E-state index contributed by atoms with van der Waals surface area (Å²) >= 11 is 0. The molecule has 0 bridgehead atoms. The highest BCUT2D eigenvalue weighted by Crippen LogP contribution is 2.36. The smallest absolute Gasteiger partial charge is 0.0354 e. The van der Waals surface area contributed by atoms with Crippen LogP contribution in [0.15, 0.2) is 0 Å². The molecule has 1 unspecified atom stereocenters. The average molecular weight is 383 g/mol. The van der Waals surface area contributed by atoms with Gasteiger partial charge in [0.15, 0.2) is 0 Å². The van der Waals surface area contributed by atoms with Crippen molar-refractivity contribution in [3.8, 4) is 0 Å². The molecule has 0 aliphatic carbocycles. The molecule has 27 heavy (non-hydrogen) atoms. The fourth-order valence-electron chi connectivity index (χ4n) is 4.04. The van der Waals surface area contributed by atoms with Crippen molar-refractivity contribution < 1.29 is 0 Å². The maximum absolute atomic E-state index is 2.40. The minimum Gasteiger partial charge on any atom is -0.0654 e. The van der Waals surface area contributed by atoms with E-state index >= 15 is 0 Å². The van der Waals surface area contributed by atoms with Gasteiger partial charge in [0.05, 0.1) is 0 Å². The SMILES string of the molecule is CC(C)CC(CC(C)C)C(C)(C)C.CCCCCC(CCCC)C(C)(C)C. The van der Waals surface area contributed by atoms with E-state index in [0.29, 0.717) is 10.8 Å². The molecule has 166 valence electrons. The molecule has 0 nitrogen and oxygen atoms in total. The first-order valence-electron chi connectivity index (χ1n) is 12.3. The maximum atomic E-state index is 2.40. The van der Waals surface area contributed by atoms with Gasteiger partial charge in [0.25, 0.3) is 0 Å². The van der Waals surface area contributed by atoms with Gasteiger partial charge >= 0.3 is 0 Å². The molecule has 0 aromatic rings. The monoisotopic (exact) mass is 382 g/mol. The van der Waals surface area contributed by atoms with Gasteiger partial charge in [-0.3, -0.25) is 0 Å². The summed E-state index contributed by atoms with van der Waals surface area (Å²) in [5, 5.41) is 0. The molecule has 0 spiro atoms. The van der Waals surface area contributed by atoms with Crippen LogP contribution >= 0.6 is 0 Å². The van der Waals surface area contributed by atoms with Gasteiger partial charge in [-0.2, -0.15) is 0 Å². The standard InChI is InChI=1S/C14H30.C13H28/c1-6-8-10-12-13(11-9-7-2)14(3,4)5;1-10(2)8-12(9-11(3)4)13(5,6)7/h13H,6-12H2,1-5H3;10-12H,8-9H2,1-7H3. The van der Waals surface area contributed by atoms with Crippen LogP contribution in [0.4, 0.5) is 0 Å². The van der Waals surface area contributed by atoms with E-state index in [1.54, 1.807) is 0 Å². The van der Waals surface area contributed by atoms with Crippen molar-refractivity contribution in [1.82, 2.24) is 0 Å². The van der Waals surface area contributed by atoms with Crippen LogP contribution in [0.2, 0.25) is 0 Å². The second kappa shape index (κ2) is 14.9. The highest BCUT2D eigenvalue weighted by molar-refractivity contribution is 4.76. The molecule has 0 aliphatic heterocycles. The lowest BCUT2D eigenvalue weighted by Crippen LogP contribution is -2.23. The molecule has 0 aromatic carbocycles. The predicted molar refractivity (Wildman–Crippen MR) is 128 cm³/mol. The Morgan fingerprint density at radius 1 is 0.519 bits per heavy atom. The zero-order valence-corrected chi connectivity index (χ0v) is 21.7. The van der Waals surface area contributed by atoms with E-state index in [0.717, 1.165) is 23.7 Å². The van der Waals surface area contributed by atoms with Crippen molar-refractivity contribution in [3.63, 3.8) is 0 Å². The quantitative estimate of drug-likeness (QED) is 0.312. The summed E-state index contributed by atoms with van der Waals surface area (Å²) in [5.41, 5.74) is 0.997. The molecule has 0 saturated carbocycles. The summed E-state index contributed by atoms with van der Waals surface area (Å²) in [6.45, 7) is 28.3. The predicted octanol–water partition coefficient (Wildman–Crippen LogP) is 10.2. The van der Waals surface area contributed by atoms with Gasteiger partial charge in [-0.1, -0.05) is 115 Å². The van der Waals surface area contributed by atoms with E-state index in [4.69, 9.17) is 0 Å². The van der Waals surface area contributed by atoms with E-state index in [2.05, 4.69) is 83.1 Å². The molecule has 0 radical (unpaired) electrons. The van der Waals surface area contributed by atoms with Gasteiger partial charge in [0.2, 0.25) is 0 Å². The molecule has 0 aromatic heterocycles. The van der Waals surface area contributed by atoms with Crippen LogP contribution < -0.4 is 0 Å². The van der Waals surface area contributed by atoms with Gasteiger partial charge in [0.1, 0.15) is 0 Å². The third-order valence-corrected chi connectivity index (χ3v) is 6.02. The fourth-order valence-corrected chi connectivity index (χ4v) is 4.04. The maximum Gasteiger partial charge on any atom is -0.0354 e. The third kappa shape index (κ3) is 17.8. The summed E-state index contributed by atoms with van der Waals surface area (Å²) < 4.78 is 0. The number of hydrogen-bond donors (Lipinski definition) is 0. The molecule has 1 atom stereocenters. The Balaban J connectivity index is 0. The summed E-state index contributed by atoms with van der Waals surface area (Å²) in [5.74, 6) is 3.49. The number of rotatable bonds is 11. The number of unbranched alkanes of at least 4 members (excludes halogenated alkanes) is 3. The summed E-state index contributed by atoms with van der Waals surface area (Å²) in [6, 6.07) is 0. The van der Waals surface area contributed by atoms with Crippen LogP contribution in [0, 0.1) is 34.5 Å². The van der Waals surface area contributed by atoms with Crippen molar-refractivity contribution in [3.05, 3.63) is 0 Å². The second-order valence-electron chi connectivity index (χ2n) is 12.0. The van der Waals surface area contributed by atoms with Crippen molar-refractivity contribution >= 4 is 0 Å². The Morgan fingerprint density at radius 3 is 1.19 bits per heavy atom. The fraction of sp³-hybridized carbons (Fsp3) is 1.00. The van der Waals surface area contributed by atoms with Crippen molar-refractivity contribution in [1.29, 1.82) is 0 Å². The molecule has 0 aliphatic rings. The molecule has 0 fully saturated rings. The highest BCUT2D eigenvalue weighted by atomic mass is 14.3. The first-order valence-corrected chi connectivity index (χ1v) is 12.3. The molecular weight excluding hydrogens is 324 g/mol. The van der Waals surface area contributed by atoms with E-state index in [9.17, 15) is 0 Å². The van der Waals surface area contributed by atoms with Crippen LogP contribution in [0.25, 0.3) is 0 Å². The Morgan fingerprint density at radius 2 is 0.889 bits per heavy atom. The molecule has 0 heterocycles. The second-order valence-corrected chi connectivity index (χ2v) is 12.0. The van der Waals surface area contributed by atoms with Gasteiger partial charge in [-0.05, 0) is 60.2 Å². The molecule has 0 rings (SSSR count). The Hall–Kier alpha value is 0. The van der Waals surface area contributed by atoms with Crippen molar-refractivity contribution in [2.45, 2.75) is 141 Å². The third-order valence-electron chi connectivity index (χ3n) is 6.02. The van der Waals surface area contributed by atoms with E-state index in [1.807, 2.05) is 0 Å². The largest absolute Gasteiger partial charge is 0.0654 e. The van der Waals surface area contributed by atoms with E-state index in [1.165, 1.54) is 57.8 Å². The highest BCUT2D eigenvalue weighted by Gasteiger charge is 2.25. The molecule has 0 amide bonds. The lowest BCUT2D eigenvalue weighted by Gasteiger charge is -2.33. The van der Waals surface area contributed by atoms with Crippen molar-refractivity contribution in [2.75, 3.05) is 0 Å². The zero-order valence-electron chi connectivity index (χ0n) is 21.7. The van der Waals surface area contributed by atoms with Crippen LogP contribution in [0.5, 0.6) is 0 Å². The van der Waals surface area contributed by atoms with Gasteiger partial charge in [-0.15, -0.1) is 0 Å². The first-order chi connectivity index (χ1) is 12.3. The van der Waals surface area contributed by atoms with Crippen LogP contribution in [-0.2, 0) is 0 Å². The summed E-state index contributed by atoms with van der Waals surface area (Å²) in [6.07, 6.45) is 12.6. The molecular formula is C27H58. The Labute approximate surface area is 175 Å². The zero-order chi connectivity index (χ0) is 21.7. The summed E-state index contributed by atoms with van der Waals surface area (Å²) in [4.78, 5) is 0. The lowest BCUT2D eigenvalue weighted by atomic mass is 9.72. The minimum absolute atomic E-state index is 0.481. The molecule has 0 saturated heterocycles. The van der Waals surface area contributed by atoms with E-state index < -0.39 is 0 Å². The first kappa shape index (κ1) is 29.2. The summed E-state index contributed by atoms with van der Waals surface area (Å²) in [7, 11) is 0. The minimum atomic E-state index is 0.481. The van der Waals surface area contributed by atoms with E-state index in [-0.39, 0.29) is 0 Å². The average Bonchev–Trinajstić information content (AvgIpc) is 2.47.